The fourth-order valence-electron chi connectivity index (χ4n) is 4.29. The fraction of sp³-hybridized carbons (Fsp3) is 0. The van der Waals surface area contributed by atoms with E-state index < -0.39 is 67.5 Å². The molecule has 0 aromatic heterocycles. The van der Waals surface area contributed by atoms with Crippen molar-refractivity contribution in [2.75, 3.05) is 9.80 Å². The van der Waals surface area contributed by atoms with E-state index in [9.17, 15) is 49.3 Å². The number of benzene rings is 3. The summed E-state index contributed by atoms with van der Waals surface area (Å²) in [5.74, 6) is -5.75. The molecule has 3 aromatic carbocycles. The number of carbonyl (C=O) groups excluding carboxylic acids is 4. The number of hydrogen-bond donors (Lipinski definition) is 1. The lowest BCUT2D eigenvalue weighted by atomic mass is 10.1. The Hall–Kier alpha value is -5.79. The summed E-state index contributed by atoms with van der Waals surface area (Å²) in [6, 6.07) is 9.67. The third kappa shape index (κ3) is 3.23. The molecule has 14 heteroatoms. The molecule has 0 saturated heterocycles. The van der Waals surface area contributed by atoms with Crippen molar-refractivity contribution < 1.29 is 38.9 Å². The molecule has 37 heavy (non-hydrogen) atoms. The van der Waals surface area contributed by atoms with Crippen LogP contribution in [0.1, 0.15) is 51.8 Å². The van der Waals surface area contributed by atoms with Crippen molar-refractivity contribution in [3.8, 4) is 0 Å². The number of carboxylic acids is 1. The summed E-state index contributed by atoms with van der Waals surface area (Å²) in [6.45, 7) is 0. The van der Waals surface area contributed by atoms with E-state index in [-0.39, 0.29) is 22.5 Å². The average Bonchev–Trinajstić information content (AvgIpc) is 3.27. The normalized spacial score (nSPS) is 14.2. The molecule has 0 spiro atoms. The Bertz CT molecular complexity index is 1550. The molecule has 0 saturated carbocycles. The number of rotatable bonds is 5. The van der Waals surface area contributed by atoms with E-state index >= 15 is 0 Å². The minimum absolute atomic E-state index is 0.294. The topological polar surface area (TPSA) is 198 Å². The van der Waals surface area contributed by atoms with Crippen LogP contribution < -0.4 is 9.80 Å². The van der Waals surface area contributed by atoms with Gasteiger partial charge in [-0.25, -0.2) is 14.6 Å². The maximum atomic E-state index is 13.1. The minimum Gasteiger partial charge on any atom is -0.478 e. The molecule has 5 rings (SSSR count). The number of aromatic carboxylic acids is 1. The second-order valence-corrected chi connectivity index (χ2v) is 7.85. The van der Waals surface area contributed by atoms with Crippen LogP contribution in [0.4, 0.5) is 22.7 Å². The van der Waals surface area contributed by atoms with Crippen LogP contribution in [0.2, 0.25) is 0 Å². The Morgan fingerprint density at radius 1 is 0.676 bits per heavy atom. The SMILES string of the molecule is O=C(O)c1cc(N2C(=O)c3cccc([N+](=O)[O-])c3C2=O)cc(N2C(=O)c3cccc([N+](=O)[O-])c3C2=O)c1. The van der Waals surface area contributed by atoms with Gasteiger partial charge >= 0.3 is 5.97 Å². The second kappa shape index (κ2) is 7.88. The number of amides is 4. The molecule has 0 aliphatic carbocycles. The lowest BCUT2D eigenvalue weighted by molar-refractivity contribution is -0.385. The van der Waals surface area contributed by atoms with Crippen LogP contribution in [0.5, 0.6) is 0 Å². The monoisotopic (exact) mass is 502 g/mol. The van der Waals surface area contributed by atoms with Gasteiger partial charge in [-0.15, -0.1) is 0 Å². The molecule has 14 nitrogen and oxygen atoms in total. The lowest BCUT2D eigenvalue weighted by Crippen LogP contribution is -2.32. The van der Waals surface area contributed by atoms with Gasteiger partial charge in [0.1, 0.15) is 11.1 Å². The van der Waals surface area contributed by atoms with Gasteiger partial charge in [-0.1, -0.05) is 12.1 Å². The zero-order valence-corrected chi connectivity index (χ0v) is 18.1. The number of fused-ring (bicyclic) bond motifs is 2. The molecule has 182 valence electrons. The molecule has 3 aromatic rings. The van der Waals surface area contributed by atoms with Crippen LogP contribution in [-0.2, 0) is 0 Å². The zero-order chi connectivity index (χ0) is 26.8. The molecule has 2 aliphatic heterocycles. The summed E-state index contributed by atoms with van der Waals surface area (Å²) >= 11 is 0. The number of carboxylic acid groups (broad SMARTS) is 1. The molecule has 0 radical (unpaired) electrons. The molecule has 0 unspecified atom stereocenters. The maximum absolute atomic E-state index is 13.1. The molecular weight excluding hydrogens is 492 g/mol. The van der Waals surface area contributed by atoms with Crippen LogP contribution >= 0.6 is 0 Å². The molecule has 0 fully saturated rings. The molecule has 2 aliphatic rings. The first-order valence-corrected chi connectivity index (χ1v) is 10.2. The maximum Gasteiger partial charge on any atom is 0.335 e. The Labute approximate surface area is 204 Å². The van der Waals surface area contributed by atoms with Gasteiger partial charge in [0.15, 0.2) is 0 Å². The van der Waals surface area contributed by atoms with Crippen molar-refractivity contribution in [2.24, 2.45) is 0 Å². The lowest BCUT2D eigenvalue weighted by Gasteiger charge is -2.19. The van der Waals surface area contributed by atoms with E-state index in [4.69, 9.17) is 0 Å². The van der Waals surface area contributed by atoms with Crippen LogP contribution in [0.15, 0.2) is 54.6 Å². The van der Waals surface area contributed by atoms with Crippen molar-refractivity contribution in [3.05, 3.63) is 103 Å². The summed E-state index contributed by atoms with van der Waals surface area (Å²) in [5, 5.41) is 32.4. The third-order valence-corrected chi connectivity index (χ3v) is 5.85. The molecule has 0 bridgehead atoms. The highest BCUT2D eigenvalue weighted by atomic mass is 16.6. The molecule has 2 heterocycles. The summed E-state index contributed by atoms with van der Waals surface area (Å²) < 4.78 is 0. The fourth-order valence-corrected chi connectivity index (χ4v) is 4.29. The summed E-state index contributed by atoms with van der Waals surface area (Å²) in [6.07, 6.45) is 0. The van der Waals surface area contributed by atoms with Gasteiger partial charge in [0.25, 0.3) is 35.0 Å². The van der Waals surface area contributed by atoms with Gasteiger partial charge in [-0.05, 0) is 30.3 Å². The predicted octanol–water partition coefficient (Wildman–Crippen LogP) is 2.80. The summed E-state index contributed by atoms with van der Waals surface area (Å²) in [5.41, 5.74) is -4.18. The molecule has 4 amide bonds. The number of imide groups is 2. The van der Waals surface area contributed by atoms with Gasteiger partial charge in [0.05, 0.1) is 37.9 Å². The first-order valence-electron chi connectivity index (χ1n) is 10.2. The van der Waals surface area contributed by atoms with Crippen molar-refractivity contribution in [1.82, 2.24) is 0 Å². The number of hydrogen-bond acceptors (Lipinski definition) is 9. The molecule has 0 atom stereocenters. The van der Waals surface area contributed by atoms with Gasteiger partial charge < -0.3 is 5.11 Å². The van der Waals surface area contributed by atoms with E-state index in [1.54, 1.807) is 0 Å². The minimum atomic E-state index is -1.55. The van der Waals surface area contributed by atoms with E-state index in [0.717, 1.165) is 30.3 Å². The van der Waals surface area contributed by atoms with E-state index in [2.05, 4.69) is 0 Å². The molecule has 1 N–H and O–H groups in total. The summed E-state index contributed by atoms with van der Waals surface area (Å²) in [4.78, 5) is 86.2. The van der Waals surface area contributed by atoms with Crippen LogP contribution in [0.25, 0.3) is 0 Å². The number of anilines is 2. The van der Waals surface area contributed by atoms with E-state index in [0.29, 0.717) is 9.80 Å². The average molecular weight is 502 g/mol. The highest BCUT2D eigenvalue weighted by molar-refractivity contribution is 6.37. The number of nitro benzene ring substituents is 2. The Morgan fingerprint density at radius 3 is 1.43 bits per heavy atom. The van der Waals surface area contributed by atoms with Gasteiger partial charge in [0.2, 0.25) is 0 Å². The van der Waals surface area contributed by atoms with Crippen molar-refractivity contribution in [1.29, 1.82) is 0 Å². The van der Waals surface area contributed by atoms with Gasteiger partial charge in [0, 0.05) is 12.1 Å². The highest BCUT2D eigenvalue weighted by Crippen LogP contribution is 2.39. The number of carbonyl (C=O) groups is 5. The van der Waals surface area contributed by atoms with Gasteiger partial charge in [-0.3, -0.25) is 39.4 Å². The van der Waals surface area contributed by atoms with Gasteiger partial charge in [-0.2, -0.15) is 0 Å². The quantitative estimate of drug-likeness (QED) is 0.307. The van der Waals surface area contributed by atoms with Crippen molar-refractivity contribution in [3.63, 3.8) is 0 Å². The summed E-state index contributed by atoms with van der Waals surface area (Å²) in [7, 11) is 0. The van der Waals surface area contributed by atoms with Crippen LogP contribution in [0.3, 0.4) is 0 Å². The van der Waals surface area contributed by atoms with Crippen LogP contribution in [-0.4, -0.2) is 44.6 Å². The third-order valence-electron chi connectivity index (χ3n) is 5.85. The largest absolute Gasteiger partial charge is 0.478 e. The first kappa shape index (κ1) is 23.0. The highest BCUT2D eigenvalue weighted by Gasteiger charge is 2.44. The Kier molecular flexibility index (Phi) is 4.89. The van der Waals surface area contributed by atoms with Crippen LogP contribution in [0, 0.1) is 20.2 Å². The number of nitro groups is 2. The smallest absolute Gasteiger partial charge is 0.335 e. The van der Waals surface area contributed by atoms with Crippen molar-refractivity contribution >= 4 is 52.3 Å². The second-order valence-electron chi connectivity index (χ2n) is 7.85. The molecular formula is C23H10N4O10. The predicted molar refractivity (Wildman–Crippen MR) is 122 cm³/mol. The van der Waals surface area contributed by atoms with E-state index in [1.165, 1.54) is 24.3 Å². The first-order chi connectivity index (χ1) is 17.5. The number of nitrogens with zero attached hydrogens (tertiary/aromatic N) is 4. The Morgan fingerprint density at radius 2 is 1.08 bits per heavy atom. The van der Waals surface area contributed by atoms with E-state index in [1.807, 2.05) is 0 Å². The van der Waals surface area contributed by atoms with Crippen molar-refractivity contribution in [2.45, 2.75) is 0 Å². The Balaban J connectivity index is 1.66. The standard InChI is InChI=1S/C23H10N4O10/c28-19-13-3-1-5-15(26(34)35)17(13)21(30)24(19)11-7-10(23(32)33)8-12(9-11)25-20(29)14-4-2-6-16(27(36)37)18(14)22(25)31/h1-9H,(H,32,33). The zero-order valence-electron chi connectivity index (χ0n) is 18.1.